The van der Waals surface area contributed by atoms with Crippen molar-refractivity contribution in [1.29, 1.82) is 5.26 Å². The predicted molar refractivity (Wildman–Crippen MR) is 69.7 cm³/mol. The highest BCUT2D eigenvalue weighted by molar-refractivity contribution is 5.36. The third-order valence-corrected chi connectivity index (χ3v) is 2.83. The smallest absolute Gasteiger partial charge is 0.296 e. The first kappa shape index (κ1) is 12.2. The molecule has 0 unspecified atom stereocenters. The molecule has 0 aliphatic carbocycles. The average molecular weight is 241 g/mol. The van der Waals surface area contributed by atoms with E-state index in [1.165, 1.54) is 0 Å². The van der Waals surface area contributed by atoms with E-state index in [0.717, 1.165) is 11.3 Å². The van der Waals surface area contributed by atoms with Crippen LogP contribution in [0.5, 0.6) is 0 Å². The molecule has 0 radical (unpaired) electrons. The summed E-state index contributed by atoms with van der Waals surface area (Å²) in [5, 5.41) is 8.69. The van der Waals surface area contributed by atoms with Gasteiger partial charge in [-0.25, -0.2) is 4.79 Å². The number of nitrogens with zero attached hydrogens (tertiary/aromatic N) is 3. The molecule has 2 aromatic rings. The van der Waals surface area contributed by atoms with Crippen LogP contribution < -0.4 is 5.69 Å². The van der Waals surface area contributed by atoms with Gasteiger partial charge in [0.25, 0.3) is 0 Å². The summed E-state index contributed by atoms with van der Waals surface area (Å²) in [6.45, 7) is 3.94. The molecule has 1 aromatic carbocycles. The van der Waals surface area contributed by atoms with Crippen LogP contribution in [0, 0.1) is 11.3 Å². The van der Waals surface area contributed by atoms with Gasteiger partial charge >= 0.3 is 5.69 Å². The van der Waals surface area contributed by atoms with E-state index in [4.69, 9.17) is 5.26 Å². The third kappa shape index (κ3) is 2.21. The molecule has 0 saturated carbocycles. The molecule has 0 spiro atoms. The Bertz CT molecular complexity index is 644. The maximum absolute atomic E-state index is 12.1. The highest BCUT2D eigenvalue weighted by Crippen LogP contribution is 2.10. The van der Waals surface area contributed by atoms with E-state index in [9.17, 15) is 4.79 Å². The lowest BCUT2D eigenvalue weighted by Crippen LogP contribution is -2.24. The topological polar surface area (TPSA) is 50.7 Å². The second-order valence-electron chi connectivity index (χ2n) is 4.46. The Morgan fingerprint density at radius 1 is 1.33 bits per heavy atom. The lowest BCUT2D eigenvalue weighted by atomic mass is 10.1. The van der Waals surface area contributed by atoms with Gasteiger partial charge < -0.3 is 0 Å². The number of benzene rings is 1. The van der Waals surface area contributed by atoms with Gasteiger partial charge in [0.05, 0.1) is 18.2 Å². The Balaban J connectivity index is 2.47. The number of hydrogen-bond donors (Lipinski definition) is 0. The fourth-order valence-corrected chi connectivity index (χ4v) is 1.89. The minimum absolute atomic E-state index is 0.0564. The van der Waals surface area contributed by atoms with E-state index in [0.29, 0.717) is 6.42 Å². The number of imidazole rings is 1. The zero-order valence-corrected chi connectivity index (χ0v) is 10.5. The van der Waals surface area contributed by atoms with E-state index in [-0.39, 0.29) is 11.7 Å². The molecule has 1 heterocycles. The molecule has 0 saturated heterocycles. The molecule has 2 rings (SSSR count). The minimum atomic E-state index is -0.0564. The zero-order chi connectivity index (χ0) is 13.1. The predicted octanol–water partition coefficient (Wildman–Crippen LogP) is 2.29. The molecule has 0 aliphatic rings. The van der Waals surface area contributed by atoms with Gasteiger partial charge in [-0.3, -0.25) is 9.13 Å². The molecule has 4 heteroatoms. The van der Waals surface area contributed by atoms with Crippen LogP contribution in [0.25, 0.3) is 5.69 Å². The molecule has 0 atom stereocenters. The number of rotatable bonds is 3. The molecule has 1 aromatic heterocycles. The maximum Gasteiger partial charge on any atom is 0.332 e. The van der Waals surface area contributed by atoms with Gasteiger partial charge in [-0.1, -0.05) is 12.1 Å². The van der Waals surface area contributed by atoms with Gasteiger partial charge in [-0.15, -0.1) is 0 Å². The van der Waals surface area contributed by atoms with Crippen LogP contribution in [-0.4, -0.2) is 9.13 Å². The SMILES string of the molecule is CC(C)n1ccn(-c2cccc(CC#N)c2)c1=O. The van der Waals surface area contributed by atoms with E-state index in [2.05, 4.69) is 6.07 Å². The maximum atomic E-state index is 12.1. The molecule has 0 fully saturated rings. The molecule has 0 amide bonds. The van der Waals surface area contributed by atoms with Gasteiger partial charge in [-0.05, 0) is 31.5 Å². The van der Waals surface area contributed by atoms with Crippen LogP contribution in [-0.2, 0) is 6.42 Å². The van der Waals surface area contributed by atoms with Crippen LogP contribution in [0.15, 0.2) is 41.5 Å². The molecule has 0 bridgehead atoms. The van der Waals surface area contributed by atoms with Gasteiger partial charge in [0.15, 0.2) is 0 Å². The quantitative estimate of drug-likeness (QED) is 0.827. The van der Waals surface area contributed by atoms with Crippen molar-refractivity contribution in [2.75, 3.05) is 0 Å². The van der Waals surface area contributed by atoms with Crippen molar-refractivity contribution in [2.45, 2.75) is 26.3 Å². The summed E-state index contributed by atoms with van der Waals surface area (Å²) >= 11 is 0. The number of hydrogen-bond acceptors (Lipinski definition) is 2. The molecule has 18 heavy (non-hydrogen) atoms. The highest BCUT2D eigenvalue weighted by atomic mass is 16.1. The normalized spacial score (nSPS) is 10.6. The Morgan fingerprint density at radius 2 is 2.11 bits per heavy atom. The molecular weight excluding hydrogens is 226 g/mol. The Morgan fingerprint density at radius 3 is 2.72 bits per heavy atom. The van der Waals surface area contributed by atoms with Gasteiger partial charge in [-0.2, -0.15) is 5.26 Å². The van der Waals surface area contributed by atoms with Crippen LogP contribution in [0.1, 0.15) is 25.5 Å². The summed E-state index contributed by atoms with van der Waals surface area (Å²) in [5.41, 5.74) is 1.66. The van der Waals surface area contributed by atoms with E-state index in [1.54, 1.807) is 21.5 Å². The monoisotopic (exact) mass is 241 g/mol. The van der Waals surface area contributed by atoms with Crippen LogP contribution >= 0.6 is 0 Å². The summed E-state index contributed by atoms with van der Waals surface area (Å²) in [5.74, 6) is 0. The summed E-state index contributed by atoms with van der Waals surface area (Å²) < 4.78 is 3.28. The van der Waals surface area contributed by atoms with Crippen molar-refractivity contribution in [1.82, 2.24) is 9.13 Å². The fraction of sp³-hybridized carbons (Fsp3) is 0.286. The lowest BCUT2D eigenvalue weighted by molar-refractivity contribution is 0.574. The van der Waals surface area contributed by atoms with Gasteiger partial charge in [0.2, 0.25) is 0 Å². The highest BCUT2D eigenvalue weighted by Gasteiger charge is 2.07. The van der Waals surface area contributed by atoms with Crippen LogP contribution in [0.4, 0.5) is 0 Å². The minimum Gasteiger partial charge on any atom is -0.296 e. The number of nitriles is 1. The first-order valence-electron chi connectivity index (χ1n) is 5.89. The van der Waals surface area contributed by atoms with Crippen molar-refractivity contribution in [2.24, 2.45) is 0 Å². The molecular formula is C14H15N3O. The Kier molecular flexibility index (Phi) is 3.33. The summed E-state index contributed by atoms with van der Waals surface area (Å²) in [4.78, 5) is 12.1. The van der Waals surface area contributed by atoms with Crippen LogP contribution in [0.3, 0.4) is 0 Å². The van der Waals surface area contributed by atoms with Crippen molar-refractivity contribution in [3.63, 3.8) is 0 Å². The second-order valence-corrected chi connectivity index (χ2v) is 4.46. The largest absolute Gasteiger partial charge is 0.332 e. The average Bonchev–Trinajstić information content (AvgIpc) is 2.72. The standard InChI is InChI=1S/C14H15N3O/c1-11(2)16-8-9-17(14(16)18)13-5-3-4-12(10-13)6-7-15/h3-5,8-11H,6H2,1-2H3. The summed E-state index contributed by atoms with van der Waals surface area (Å²) in [6, 6.07) is 9.73. The van der Waals surface area contributed by atoms with Crippen LogP contribution in [0.2, 0.25) is 0 Å². The first-order valence-corrected chi connectivity index (χ1v) is 5.89. The van der Waals surface area contributed by atoms with Crippen molar-refractivity contribution >= 4 is 0 Å². The van der Waals surface area contributed by atoms with Gasteiger partial charge in [0.1, 0.15) is 0 Å². The molecule has 92 valence electrons. The van der Waals surface area contributed by atoms with E-state index < -0.39 is 0 Å². The third-order valence-electron chi connectivity index (χ3n) is 2.83. The van der Waals surface area contributed by atoms with E-state index >= 15 is 0 Å². The molecule has 4 nitrogen and oxygen atoms in total. The van der Waals surface area contributed by atoms with Crippen molar-refractivity contribution in [3.8, 4) is 11.8 Å². The summed E-state index contributed by atoms with van der Waals surface area (Å²) in [7, 11) is 0. The van der Waals surface area contributed by atoms with Crippen molar-refractivity contribution < 1.29 is 0 Å². The summed E-state index contributed by atoms with van der Waals surface area (Å²) in [6.07, 6.45) is 3.89. The second kappa shape index (κ2) is 4.92. The molecule has 0 N–H and O–H groups in total. The first-order chi connectivity index (χ1) is 8.63. The molecule has 0 aliphatic heterocycles. The van der Waals surface area contributed by atoms with Gasteiger partial charge in [0, 0.05) is 18.4 Å². The fourth-order valence-electron chi connectivity index (χ4n) is 1.89. The lowest BCUT2D eigenvalue weighted by Gasteiger charge is -2.05. The zero-order valence-electron chi connectivity index (χ0n) is 10.5. The van der Waals surface area contributed by atoms with Crippen molar-refractivity contribution in [3.05, 3.63) is 52.7 Å². The number of aromatic nitrogens is 2. The Hall–Kier alpha value is -2.28. The van der Waals surface area contributed by atoms with E-state index in [1.807, 2.05) is 38.1 Å². The Labute approximate surface area is 106 Å².